The highest BCUT2D eigenvalue weighted by Crippen LogP contribution is 2.40. The minimum Gasteiger partial charge on any atom is -0.477 e. The number of ether oxygens (including phenoxy) is 2. The average molecular weight is 434 g/mol. The van der Waals surface area contributed by atoms with Crippen molar-refractivity contribution >= 4 is 17.6 Å². The number of carbonyl (C=O) groups excluding carboxylic acids is 1. The van der Waals surface area contributed by atoms with Gasteiger partial charge < -0.3 is 9.47 Å². The molecule has 0 saturated carbocycles. The van der Waals surface area contributed by atoms with Crippen LogP contribution < -0.4 is 4.74 Å². The highest BCUT2D eigenvalue weighted by molar-refractivity contribution is 6.32. The van der Waals surface area contributed by atoms with Crippen LogP contribution in [0.5, 0.6) is 5.88 Å². The largest absolute Gasteiger partial charge is 0.477 e. The van der Waals surface area contributed by atoms with E-state index in [-0.39, 0.29) is 29.6 Å². The number of aromatic nitrogens is 3. The fourth-order valence-electron chi connectivity index (χ4n) is 2.16. The summed E-state index contributed by atoms with van der Waals surface area (Å²) in [4.78, 5) is 16.1. The first-order valence-electron chi connectivity index (χ1n) is 9.14. The summed E-state index contributed by atoms with van der Waals surface area (Å²) in [5.41, 5.74) is -1.71. The molecule has 2 aromatic rings. The number of hydrogen-bond acceptors (Lipinski definition) is 5. The van der Waals surface area contributed by atoms with Crippen LogP contribution in [0.1, 0.15) is 50.4 Å². The molecule has 0 radical (unpaired) electrons. The van der Waals surface area contributed by atoms with Crippen molar-refractivity contribution < 1.29 is 27.4 Å². The molecule has 0 aromatic carbocycles. The number of hydrogen-bond donors (Lipinski definition) is 0. The number of halogens is 4. The summed E-state index contributed by atoms with van der Waals surface area (Å²) in [7, 11) is 0. The van der Waals surface area contributed by atoms with Gasteiger partial charge in [-0.05, 0) is 25.0 Å². The van der Waals surface area contributed by atoms with Gasteiger partial charge in [0.15, 0.2) is 5.82 Å². The van der Waals surface area contributed by atoms with Gasteiger partial charge in [0.1, 0.15) is 5.15 Å². The molecule has 0 unspecified atom stereocenters. The van der Waals surface area contributed by atoms with Gasteiger partial charge in [0.05, 0.1) is 24.2 Å². The summed E-state index contributed by atoms with van der Waals surface area (Å²) in [5, 5.41) is 4.08. The van der Waals surface area contributed by atoms with Crippen LogP contribution in [0.15, 0.2) is 24.4 Å². The number of alkyl halides is 3. The molecule has 0 amide bonds. The van der Waals surface area contributed by atoms with E-state index in [1.165, 1.54) is 29.1 Å². The van der Waals surface area contributed by atoms with E-state index in [1.54, 1.807) is 0 Å². The molecule has 160 valence electrons. The van der Waals surface area contributed by atoms with E-state index in [2.05, 4.69) is 10.1 Å². The molecule has 2 aromatic heterocycles. The van der Waals surface area contributed by atoms with Crippen LogP contribution in [0, 0.1) is 5.41 Å². The molecule has 0 bridgehead atoms. The van der Waals surface area contributed by atoms with E-state index < -0.39 is 17.6 Å². The molecule has 0 atom stereocenters. The molecule has 0 spiro atoms. The van der Waals surface area contributed by atoms with Gasteiger partial charge in [-0.2, -0.15) is 13.2 Å². The van der Waals surface area contributed by atoms with E-state index >= 15 is 0 Å². The van der Waals surface area contributed by atoms with Crippen LogP contribution in [0.4, 0.5) is 13.2 Å². The topological polar surface area (TPSA) is 66.2 Å². The summed E-state index contributed by atoms with van der Waals surface area (Å²) < 4.78 is 50.4. The first kappa shape index (κ1) is 23.0. The third-order valence-electron chi connectivity index (χ3n) is 4.33. The predicted octanol–water partition coefficient (Wildman–Crippen LogP) is 5.24. The summed E-state index contributed by atoms with van der Waals surface area (Å²) in [5.74, 6) is -0.0752. The Morgan fingerprint density at radius 2 is 1.93 bits per heavy atom. The van der Waals surface area contributed by atoms with Crippen molar-refractivity contribution in [1.82, 2.24) is 14.8 Å². The first-order valence-corrected chi connectivity index (χ1v) is 9.52. The number of rotatable bonds is 9. The smallest absolute Gasteiger partial charge is 0.394 e. The summed E-state index contributed by atoms with van der Waals surface area (Å²) in [6.45, 7) is 4.39. The van der Waals surface area contributed by atoms with Crippen molar-refractivity contribution in [3.8, 4) is 11.7 Å². The summed E-state index contributed by atoms with van der Waals surface area (Å²) >= 11 is 6.08. The SMILES string of the molecule is CCCCOC(=O)c1ccc(-n2ccc(OCCC(C)(C)C(F)(F)F)n2)nc1Cl. The third kappa shape index (κ3) is 6.09. The van der Waals surface area contributed by atoms with Gasteiger partial charge in [0, 0.05) is 12.3 Å². The van der Waals surface area contributed by atoms with Crippen molar-refractivity contribution in [1.29, 1.82) is 0 Å². The normalized spacial score (nSPS) is 12.1. The van der Waals surface area contributed by atoms with Crippen LogP contribution in [-0.4, -0.2) is 40.1 Å². The molecular weight excluding hydrogens is 411 g/mol. The summed E-state index contributed by atoms with van der Waals surface area (Å²) in [6.07, 6.45) is -1.33. The number of unbranched alkanes of at least 4 members (excludes halogenated alkanes) is 1. The monoisotopic (exact) mass is 433 g/mol. The zero-order valence-corrected chi connectivity index (χ0v) is 17.2. The van der Waals surface area contributed by atoms with Gasteiger partial charge in [-0.1, -0.05) is 38.8 Å². The van der Waals surface area contributed by atoms with Crippen molar-refractivity contribution in [3.63, 3.8) is 0 Å². The van der Waals surface area contributed by atoms with E-state index in [1.807, 2.05) is 6.92 Å². The fraction of sp³-hybridized carbons (Fsp3) is 0.526. The minimum absolute atomic E-state index is 0.0334. The van der Waals surface area contributed by atoms with Gasteiger partial charge in [-0.15, -0.1) is 5.10 Å². The van der Waals surface area contributed by atoms with Gasteiger partial charge >= 0.3 is 12.1 Å². The average Bonchev–Trinajstić information content (AvgIpc) is 3.09. The molecule has 0 saturated heterocycles. The third-order valence-corrected chi connectivity index (χ3v) is 4.62. The number of esters is 1. The summed E-state index contributed by atoms with van der Waals surface area (Å²) in [6, 6.07) is 4.52. The van der Waals surface area contributed by atoms with Crippen LogP contribution in [0.2, 0.25) is 5.15 Å². The van der Waals surface area contributed by atoms with E-state index in [9.17, 15) is 18.0 Å². The second-order valence-corrected chi connectivity index (χ2v) is 7.43. The Morgan fingerprint density at radius 1 is 1.21 bits per heavy atom. The maximum atomic E-state index is 12.9. The molecule has 0 aliphatic carbocycles. The Morgan fingerprint density at radius 3 is 2.55 bits per heavy atom. The lowest BCUT2D eigenvalue weighted by molar-refractivity contribution is -0.215. The molecule has 0 aliphatic heterocycles. The lowest BCUT2D eigenvalue weighted by Crippen LogP contribution is -2.33. The highest BCUT2D eigenvalue weighted by atomic mass is 35.5. The van der Waals surface area contributed by atoms with Crippen molar-refractivity contribution in [3.05, 3.63) is 35.1 Å². The number of nitrogens with zero attached hydrogens (tertiary/aromatic N) is 3. The Bertz CT molecular complexity index is 838. The lowest BCUT2D eigenvalue weighted by Gasteiger charge is -2.27. The Hall–Kier alpha value is -2.29. The van der Waals surface area contributed by atoms with Gasteiger partial charge in [0.2, 0.25) is 5.88 Å². The van der Waals surface area contributed by atoms with E-state index in [4.69, 9.17) is 21.1 Å². The molecule has 2 rings (SSSR count). The molecule has 0 aliphatic rings. The van der Waals surface area contributed by atoms with Crippen LogP contribution >= 0.6 is 11.6 Å². The van der Waals surface area contributed by atoms with Crippen molar-refractivity contribution in [2.24, 2.45) is 5.41 Å². The molecule has 29 heavy (non-hydrogen) atoms. The van der Waals surface area contributed by atoms with E-state index in [0.29, 0.717) is 12.4 Å². The van der Waals surface area contributed by atoms with Crippen LogP contribution in [-0.2, 0) is 4.74 Å². The van der Waals surface area contributed by atoms with Crippen molar-refractivity contribution in [2.75, 3.05) is 13.2 Å². The molecule has 6 nitrogen and oxygen atoms in total. The Kier molecular flexibility index (Phi) is 7.51. The van der Waals surface area contributed by atoms with E-state index in [0.717, 1.165) is 26.7 Å². The Balaban J connectivity index is 1.99. The maximum absolute atomic E-state index is 12.9. The molecular formula is C19H23ClF3N3O3. The number of pyridine rings is 1. The number of carbonyl (C=O) groups is 1. The van der Waals surface area contributed by atoms with Crippen LogP contribution in [0.3, 0.4) is 0 Å². The molecule has 0 fully saturated rings. The standard InChI is InChI=1S/C19H23ClF3N3O3/c1-4-5-11-29-17(27)13-6-7-14(24-16(13)20)26-10-8-15(25-26)28-12-9-18(2,3)19(21,22)23/h6-8,10H,4-5,9,11-12H2,1-3H3. The highest BCUT2D eigenvalue weighted by Gasteiger charge is 2.46. The second kappa shape index (κ2) is 9.47. The van der Waals surface area contributed by atoms with Crippen LogP contribution in [0.25, 0.3) is 5.82 Å². The molecule has 2 heterocycles. The lowest BCUT2D eigenvalue weighted by atomic mass is 9.89. The van der Waals surface area contributed by atoms with Gasteiger partial charge in [-0.3, -0.25) is 0 Å². The second-order valence-electron chi connectivity index (χ2n) is 7.08. The fourth-order valence-corrected chi connectivity index (χ4v) is 2.38. The minimum atomic E-state index is -4.31. The van der Waals surface area contributed by atoms with Crippen molar-refractivity contribution in [2.45, 2.75) is 46.2 Å². The maximum Gasteiger partial charge on any atom is 0.394 e. The zero-order chi connectivity index (χ0) is 21.7. The van der Waals surface area contributed by atoms with Gasteiger partial charge in [0.25, 0.3) is 0 Å². The molecule has 10 heteroatoms. The zero-order valence-electron chi connectivity index (χ0n) is 16.4. The first-order chi connectivity index (χ1) is 13.5. The predicted molar refractivity (Wildman–Crippen MR) is 102 cm³/mol. The van der Waals surface area contributed by atoms with Gasteiger partial charge in [-0.25, -0.2) is 14.5 Å². The molecule has 0 N–H and O–H groups in total. The quantitative estimate of drug-likeness (QED) is 0.307. The Labute approximate surface area is 172 Å².